The summed E-state index contributed by atoms with van der Waals surface area (Å²) in [4.78, 5) is 11.3. The lowest BCUT2D eigenvalue weighted by molar-refractivity contribution is -0.181. The van der Waals surface area contributed by atoms with Gasteiger partial charge in [0, 0.05) is 19.5 Å². The van der Waals surface area contributed by atoms with Crippen LogP contribution in [0.4, 0.5) is 0 Å². The average Bonchev–Trinajstić information content (AvgIpc) is 2.31. The molecule has 0 radical (unpaired) electrons. The number of aliphatic hydroxyl groups excluding tert-OH is 1. The summed E-state index contributed by atoms with van der Waals surface area (Å²) in [5, 5.41) is 22.6. The van der Waals surface area contributed by atoms with Gasteiger partial charge in [-0.2, -0.15) is 5.06 Å². The number of carbonyl (C=O) groups excluding carboxylic acids is 1. The van der Waals surface area contributed by atoms with E-state index in [0.717, 1.165) is 29.9 Å². The van der Waals surface area contributed by atoms with Crippen LogP contribution in [-0.4, -0.2) is 40.6 Å². The highest BCUT2D eigenvalue weighted by atomic mass is 16.5. The first-order chi connectivity index (χ1) is 8.84. The first-order valence-corrected chi connectivity index (χ1v) is 6.54. The highest BCUT2D eigenvalue weighted by Gasteiger charge is 2.12. The van der Waals surface area contributed by atoms with E-state index in [2.05, 4.69) is 18.5 Å². The Morgan fingerprint density at radius 2 is 1.89 bits per heavy atom. The molecule has 3 N–H and O–H groups in total. The number of nitrogens with zero attached hydrogens (tertiary/aromatic N) is 1. The van der Waals surface area contributed by atoms with E-state index in [0.29, 0.717) is 25.1 Å². The second-order valence-corrected chi connectivity index (χ2v) is 4.93. The number of hydroxylamine groups is 2. The second-order valence-electron chi connectivity index (χ2n) is 4.93. The zero-order valence-corrected chi connectivity index (χ0v) is 12.0. The Balaban J connectivity index is 3.53. The highest BCUT2D eigenvalue weighted by molar-refractivity contribution is 5.78. The predicted molar refractivity (Wildman–Crippen MR) is 75.6 cm³/mol. The maximum Gasteiger partial charge on any atom is 0.224 e. The van der Waals surface area contributed by atoms with Gasteiger partial charge in [0.25, 0.3) is 0 Å². The molecule has 0 aliphatic carbocycles. The average molecular weight is 270 g/mol. The van der Waals surface area contributed by atoms with Crippen LogP contribution in [0.5, 0.6) is 0 Å². The molecule has 5 heteroatoms. The molecule has 0 aromatic carbocycles. The monoisotopic (exact) mass is 270 g/mol. The first-order valence-electron chi connectivity index (χ1n) is 6.54. The molecule has 19 heavy (non-hydrogen) atoms. The lowest BCUT2D eigenvalue weighted by Crippen LogP contribution is -2.33. The van der Waals surface area contributed by atoms with Crippen LogP contribution >= 0.6 is 0 Å². The Labute approximate surface area is 115 Å². The van der Waals surface area contributed by atoms with E-state index in [1.54, 1.807) is 6.92 Å². The quantitative estimate of drug-likeness (QED) is 0.245. The van der Waals surface area contributed by atoms with Gasteiger partial charge in [0.15, 0.2) is 6.23 Å². The smallest absolute Gasteiger partial charge is 0.224 e. The van der Waals surface area contributed by atoms with Crippen molar-refractivity contribution in [1.29, 1.82) is 0 Å². The SMILES string of the molecule is C=C(C)CC(=O)NCCCCCN(O)C(O)C(=C)C. The summed E-state index contributed by atoms with van der Waals surface area (Å²) in [5.41, 5.74) is 1.36. The van der Waals surface area contributed by atoms with Gasteiger partial charge in [-0.05, 0) is 32.3 Å². The normalized spacial score (nSPS) is 12.3. The molecule has 0 bridgehead atoms. The Kier molecular flexibility index (Phi) is 9.12. The third-order valence-electron chi connectivity index (χ3n) is 2.57. The van der Waals surface area contributed by atoms with Gasteiger partial charge in [-0.25, -0.2) is 0 Å². The van der Waals surface area contributed by atoms with Crippen LogP contribution < -0.4 is 5.32 Å². The fourth-order valence-corrected chi connectivity index (χ4v) is 1.52. The predicted octanol–water partition coefficient (Wildman–Crippen LogP) is 1.82. The van der Waals surface area contributed by atoms with E-state index in [9.17, 15) is 15.1 Å². The van der Waals surface area contributed by atoms with Gasteiger partial charge in [0.05, 0.1) is 0 Å². The molecule has 0 rings (SSSR count). The molecule has 0 fully saturated rings. The van der Waals surface area contributed by atoms with Crippen molar-refractivity contribution in [2.24, 2.45) is 0 Å². The number of amides is 1. The van der Waals surface area contributed by atoms with Crippen molar-refractivity contribution in [2.75, 3.05) is 13.1 Å². The zero-order chi connectivity index (χ0) is 14.8. The number of unbranched alkanes of at least 4 members (excludes halogenated alkanes) is 2. The number of rotatable bonds is 10. The fourth-order valence-electron chi connectivity index (χ4n) is 1.52. The molecule has 0 heterocycles. The van der Waals surface area contributed by atoms with Gasteiger partial charge in [-0.1, -0.05) is 25.2 Å². The molecule has 0 aromatic heterocycles. The molecular weight excluding hydrogens is 244 g/mol. The Morgan fingerprint density at radius 1 is 1.26 bits per heavy atom. The summed E-state index contributed by atoms with van der Waals surface area (Å²) in [6.45, 7) is 11.7. The van der Waals surface area contributed by atoms with E-state index < -0.39 is 6.23 Å². The summed E-state index contributed by atoms with van der Waals surface area (Å²) in [6, 6.07) is 0. The van der Waals surface area contributed by atoms with Gasteiger partial charge in [0.2, 0.25) is 5.91 Å². The molecule has 1 atom stereocenters. The van der Waals surface area contributed by atoms with Crippen LogP contribution in [-0.2, 0) is 4.79 Å². The van der Waals surface area contributed by atoms with E-state index in [4.69, 9.17) is 0 Å². The maximum absolute atomic E-state index is 11.3. The van der Waals surface area contributed by atoms with Crippen molar-refractivity contribution in [3.63, 3.8) is 0 Å². The second kappa shape index (κ2) is 9.72. The van der Waals surface area contributed by atoms with Gasteiger partial charge >= 0.3 is 0 Å². The number of hydrogen-bond acceptors (Lipinski definition) is 4. The molecule has 0 spiro atoms. The topological polar surface area (TPSA) is 72.8 Å². The standard InChI is InChI=1S/C14H26N2O3/c1-11(2)10-13(17)15-8-6-5-7-9-16(19)14(18)12(3)4/h14,18-19H,1,3,5-10H2,2,4H3,(H,15,17). The molecule has 0 saturated carbocycles. The molecule has 0 aliphatic rings. The zero-order valence-electron chi connectivity index (χ0n) is 12.0. The summed E-state index contributed by atoms with van der Waals surface area (Å²) in [6.07, 6.45) is 1.83. The van der Waals surface area contributed by atoms with Crippen molar-refractivity contribution in [1.82, 2.24) is 10.4 Å². The minimum atomic E-state index is -1.00. The van der Waals surface area contributed by atoms with E-state index in [-0.39, 0.29) is 5.91 Å². The summed E-state index contributed by atoms with van der Waals surface area (Å²) >= 11 is 0. The molecule has 1 unspecified atom stereocenters. The minimum absolute atomic E-state index is 0.00557. The van der Waals surface area contributed by atoms with Crippen LogP contribution in [0, 0.1) is 0 Å². The molecule has 0 saturated heterocycles. The number of aliphatic hydroxyl groups is 1. The van der Waals surface area contributed by atoms with Crippen LogP contribution in [0.2, 0.25) is 0 Å². The third-order valence-corrected chi connectivity index (χ3v) is 2.57. The maximum atomic E-state index is 11.3. The number of hydrogen-bond donors (Lipinski definition) is 3. The van der Waals surface area contributed by atoms with E-state index >= 15 is 0 Å². The molecular formula is C14H26N2O3. The highest BCUT2D eigenvalue weighted by Crippen LogP contribution is 2.05. The van der Waals surface area contributed by atoms with Crippen LogP contribution in [0.25, 0.3) is 0 Å². The Bertz CT molecular complexity index is 316. The number of nitrogens with one attached hydrogen (secondary N) is 1. The lowest BCUT2D eigenvalue weighted by Gasteiger charge is -2.21. The lowest BCUT2D eigenvalue weighted by atomic mass is 10.2. The Morgan fingerprint density at radius 3 is 2.42 bits per heavy atom. The summed E-state index contributed by atoms with van der Waals surface area (Å²) in [5.74, 6) is -0.00557. The van der Waals surface area contributed by atoms with Crippen LogP contribution in [0.15, 0.2) is 24.3 Å². The minimum Gasteiger partial charge on any atom is -0.372 e. The van der Waals surface area contributed by atoms with Gasteiger partial charge in [0.1, 0.15) is 0 Å². The third kappa shape index (κ3) is 9.41. The molecule has 110 valence electrons. The van der Waals surface area contributed by atoms with Crippen molar-refractivity contribution in [3.05, 3.63) is 24.3 Å². The van der Waals surface area contributed by atoms with Crippen LogP contribution in [0.3, 0.4) is 0 Å². The fraction of sp³-hybridized carbons (Fsp3) is 0.643. The molecule has 1 amide bonds. The van der Waals surface area contributed by atoms with Crippen LogP contribution in [0.1, 0.15) is 39.5 Å². The Hall–Kier alpha value is -1.17. The van der Waals surface area contributed by atoms with Crippen molar-refractivity contribution >= 4 is 5.91 Å². The summed E-state index contributed by atoms with van der Waals surface area (Å²) < 4.78 is 0. The van der Waals surface area contributed by atoms with E-state index in [1.807, 2.05) is 6.92 Å². The molecule has 5 nitrogen and oxygen atoms in total. The van der Waals surface area contributed by atoms with Crippen molar-refractivity contribution < 1.29 is 15.1 Å². The van der Waals surface area contributed by atoms with Gasteiger partial charge in [-0.15, -0.1) is 0 Å². The van der Waals surface area contributed by atoms with Gasteiger partial charge < -0.3 is 15.6 Å². The summed E-state index contributed by atoms with van der Waals surface area (Å²) in [7, 11) is 0. The van der Waals surface area contributed by atoms with E-state index in [1.165, 1.54) is 0 Å². The van der Waals surface area contributed by atoms with Gasteiger partial charge in [-0.3, -0.25) is 4.79 Å². The van der Waals surface area contributed by atoms with Crippen molar-refractivity contribution in [3.8, 4) is 0 Å². The molecule has 0 aliphatic heterocycles. The van der Waals surface area contributed by atoms with Crippen molar-refractivity contribution in [2.45, 2.75) is 45.8 Å². The molecule has 0 aromatic rings. The first kappa shape index (κ1) is 17.8. The largest absolute Gasteiger partial charge is 0.372 e. The number of carbonyl (C=O) groups is 1.